The molecule has 0 saturated carbocycles. The Kier molecular flexibility index (Phi) is 7.53. The van der Waals surface area contributed by atoms with E-state index in [1.165, 1.54) is 30.0 Å². The molecule has 156 valence electrons. The van der Waals surface area contributed by atoms with Gasteiger partial charge in [0.2, 0.25) is 5.91 Å². The number of aromatic nitrogens is 1. The summed E-state index contributed by atoms with van der Waals surface area (Å²) in [5.41, 5.74) is 2.23. The van der Waals surface area contributed by atoms with Crippen LogP contribution in [-0.4, -0.2) is 27.7 Å². The van der Waals surface area contributed by atoms with Gasteiger partial charge < -0.3 is 10.4 Å². The van der Waals surface area contributed by atoms with Crippen molar-refractivity contribution in [2.45, 2.75) is 11.4 Å². The number of carbonyl (C=O) groups excluding carboxylic acids is 1. The summed E-state index contributed by atoms with van der Waals surface area (Å²) in [6, 6.07) is 16.8. The molecule has 3 rings (SSSR count). The van der Waals surface area contributed by atoms with Crippen LogP contribution in [0.3, 0.4) is 0 Å². The summed E-state index contributed by atoms with van der Waals surface area (Å²) in [6.07, 6.45) is 0.121. The van der Waals surface area contributed by atoms with Crippen LogP contribution >= 0.6 is 35.0 Å². The number of pyridine rings is 1. The molecular weight excluding hydrogens is 457 g/mol. The van der Waals surface area contributed by atoms with Gasteiger partial charge in [-0.2, -0.15) is 5.26 Å². The van der Waals surface area contributed by atoms with Gasteiger partial charge in [-0.3, -0.25) is 4.79 Å². The average Bonchev–Trinajstić information content (AvgIpc) is 2.75. The molecule has 0 aliphatic heterocycles. The van der Waals surface area contributed by atoms with Crippen LogP contribution in [0.2, 0.25) is 10.0 Å². The van der Waals surface area contributed by atoms with Crippen molar-refractivity contribution in [3.8, 4) is 17.3 Å². The number of nitrogens with one attached hydrogen (secondary N) is 1. The number of benzene rings is 2. The zero-order valence-corrected chi connectivity index (χ0v) is 18.3. The summed E-state index contributed by atoms with van der Waals surface area (Å²) in [5.74, 6) is -1.07. The van der Waals surface area contributed by atoms with Crippen LogP contribution in [0.5, 0.6) is 0 Å². The molecule has 1 aromatic heterocycles. The summed E-state index contributed by atoms with van der Waals surface area (Å²) in [4.78, 5) is 27.9. The van der Waals surface area contributed by atoms with E-state index in [0.717, 1.165) is 5.56 Å². The average molecular weight is 472 g/mol. The van der Waals surface area contributed by atoms with Gasteiger partial charge in [-0.15, -0.1) is 11.8 Å². The van der Waals surface area contributed by atoms with E-state index in [2.05, 4.69) is 16.4 Å². The van der Waals surface area contributed by atoms with Gasteiger partial charge in [0.05, 0.1) is 27.5 Å². The summed E-state index contributed by atoms with van der Waals surface area (Å²) < 4.78 is 0. The van der Waals surface area contributed by atoms with Crippen molar-refractivity contribution in [3.05, 3.63) is 75.8 Å². The largest absolute Gasteiger partial charge is 0.478 e. The van der Waals surface area contributed by atoms with E-state index in [1.54, 1.807) is 24.3 Å². The molecule has 1 amide bonds. The maximum absolute atomic E-state index is 12.3. The summed E-state index contributed by atoms with van der Waals surface area (Å²) >= 11 is 13.2. The topological polar surface area (TPSA) is 103 Å². The highest BCUT2D eigenvalue weighted by molar-refractivity contribution is 7.99. The highest BCUT2D eigenvalue weighted by Crippen LogP contribution is 2.27. The molecule has 0 saturated heterocycles. The van der Waals surface area contributed by atoms with Crippen molar-refractivity contribution < 1.29 is 14.7 Å². The van der Waals surface area contributed by atoms with Crippen LogP contribution in [0.25, 0.3) is 11.3 Å². The van der Waals surface area contributed by atoms with E-state index >= 15 is 0 Å². The van der Waals surface area contributed by atoms with E-state index in [-0.39, 0.29) is 28.6 Å². The number of nitrogens with zero attached hydrogens (tertiary/aromatic N) is 2. The van der Waals surface area contributed by atoms with Crippen molar-refractivity contribution in [1.82, 2.24) is 4.98 Å². The number of hydrogen-bond donors (Lipinski definition) is 2. The Balaban J connectivity index is 1.66. The summed E-state index contributed by atoms with van der Waals surface area (Å²) in [5, 5.41) is 22.4. The minimum absolute atomic E-state index is 0.0240. The Morgan fingerprint density at radius 2 is 1.84 bits per heavy atom. The second-order valence-electron chi connectivity index (χ2n) is 6.31. The number of carboxylic acid groups (broad SMARTS) is 1. The number of amides is 1. The molecule has 0 unspecified atom stereocenters. The molecule has 0 aliphatic carbocycles. The Labute approximate surface area is 192 Å². The lowest BCUT2D eigenvalue weighted by Crippen LogP contribution is -2.13. The van der Waals surface area contributed by atoms with Crippen LogP contribution < -0.4 is 5.32 Å². The van der Waals surface area contributed by atoms with Crippen molar-refractivity contribution >= 4 is 52.5 Å². The lowest BCUT2D eigenvalue weighted by atomic mass is 10.1. The fourth-order valence-electron chi connectivity index (χ4n) is 2.62. The first-order valence-electron chi connectivity index (χ1n) is 9.00. The predicted molar refractivity (Wildman–Crippen MR) is 122 cm³/mol. The highest BCUT2D eigenvalue weighted by Gasteiger charge is 2.12. The Morgan fingerprint density at radius 1 is 1.10 bits per heavy atom. The molecule has 6 nitrogen and oxygen atoms in total. The normalized spacial score (nSPS) is 10.4. The fourth-order valence-corrected chi connectivity index (χ4v) is 3.83. The lowest BCUT2D eigenvalue weighted by Gasteiger charge is -2.09. The minimum atomic E-state index is -1.11. The molecule has 0 aliphatic rings. The lowest BCUT2D eigenvalue weighted by molar-refractivity contribution is -0.115. The molecule has 0 bridgehead atoms. The highest BCUT2D eigenvalue weighted by atomic mass is 35.5. The van der Waals surface area contributed by atoms with E-state index in [1.807, 2.05) is 12.1 Å². The van der Waals surface area contributed by atoms with Crippen LogP contribution in [0, 0.1) is 11.3 Å². The third-order valence-corrected chi connectivity index (χ3v) is 5.75. The Morgan fingerprint density at radius 3 is 2.52 bits per heavy atom. The maximum atomic E-state index is 12.3. The number of rotatable bonds is 7. The number of halogens is 2. The van der Waals surface area contributed by atoms with Crippen molar-refractivity contribution in [2.75, 3.05) is 11.1 Å². The maximum Gasteiger partial charge on any atom is 0.335 e. The number of carboxylic acids is 1. The zero-order valence-electron chi connectivity index (χ0n) is 15.9. The van der Waals surface area contributed by atoms with Crippen molar-refractivity contribution in [2.24, 2.45) is 0 Å². The van der Waals surface area contributed by atoms with Gasteiger partial charge in [-0.05, 0) is 42.5 Å². The smallest absolute Gasteiger partial charge is 0.335 e. The summed E-state index contributed by atoms with van der Waals surface area (Å²) in [6.45, 7) is 0. The third kappa shape index (κ3) is 5.98. The molecule has 2 aromatic carbocycles. The molecule has 1 heterocycles. The first-order chi connectivity index (χ1) is 14.9. The number of carbonyl (C=O) groups is 2. The van der Waals surface area contributed by atoms with Gasteiger partial charge in [0, 0.05) is 22.8 Å². The van der Waals surface area contributed by atoms with Crippen LogP contribution in [0.1, 0.15) is 22.3 Å². The SMILES string of the molecule is N#Cc1ccc(-c2ccc(Cl)cc2)nc1SCCC(=O)Nc1cc(C(=O)O)ccc1Cl. The number of aromatic carboxylic acids is 1. The van der Waals surface area contributed by atoms with E-state index in [9.17, 15) is 14.9 Å². The van der Waals surface area contributed by atoms with Gasteiger partial charge in [-0.1, -0.05) is 35.3 Å². The predicted octanol–water partition coefficient (Wildman–Crippen LogP) is 5.75. The van der Waals surface area contributed by atoms with E-state index in [4.69, 9.17) is 28.3 Å². The zero-order chi connectivity index (χ0) is 22.4. The van der Waals surface area contributed by atoms with E-state index < -0.39 is 5.97 Å². The quantitative estimate of drug-likeness (QED) is 0.425. The standard InChI is InChI=1S/C22H15Cl2N3O3S/c23-16-5-1-13(2-6-16)18-8-4-15(12-25)21(27-18)31-10-9-20(28)26-19-11-14(22(29)30)3-7-17(19)24/h1-8,11H,9-10H2,(H,26,28)(H,29,30). The minimum Gasteiger partial charge on any atom is -0.478 e. The molecule has 0 radical (unpaired) electrons. The molecule has 2 N–H and O–H groups in total. The Bertz CT molecular complexity index is 1180. The van der Waals surface area contributed by atoms with Gasteiger partial charge in [-0.25, -0.2) is 9.78 Å². The second kappa shape index (κ2) is 10.3. The van der Waals surface area contributed by atoms with Crippen LogP contribution in [-0.2, 0) is 4.79 Å². The van der Waals surface area contributed by atoms with Crippen LogP contribution in [0.4, 0.5) is 5.69 Å². The number of hydrogen-bond acceptors (Lipinski definition) is 5. The van der Waals surface area contributed by atoms with Gasteiger partial charge in [0.25, 0.3) is 0 Å². The molecule has 0 spiro atoms. The van der Waals surface area contributed by atoms with E-state index in [0.29, 0.717) is 27.1 Å². The number of thioether (sulfide) groups is 1. The molecule has 0 atom stereocenters. The molecule has 3 aromatic rings. The molecular formula is C22H15Cl2N3O3S. The fraction of sp³-hybridized carbons (Fsp3) is 0.0909. The van der Waals surface area contributed by atoms with Crippen LogP contribution in [0.15, 0.2) is 59.6 Å². The van der Waals surface area contributed by atoms with Gasteiger partial charge >= 0.3 is 5.97 Å². The number of anilines is 1. The Hall–Kier alpha value is -3.05. The summed E-state index contributed by atoms with van der Waals surface area (Å²) in [7, 11) is 0. The molecule has 9 heteroatoms. The molecule has 31 heavy (non-hydrogen) atoms. The van der Waals surface area contributed by atoms with Gasteiger partial charge in [0.1, 0.15) is 11.1 Å². The second-order valence-corrected chi connectivity index (χ2v) is 8.24. The first kappa shape index (κ1) is 22.6. The monoisotopic (exact) mass is 471 g/mol. The molecule has 0 fully saturated rings. The first-order valence-corrected chi connectivity index (χ1v) is 10.7. The third-order valence-electron chi connectivity index (χ3n) is 4.18. The van der Waals surface area contributed by atoms with Crippen molar-refractivity contribution in [3.63, 3.8) is 0 Å². The van der Waals surface area contributed by atoms with Gasteiger partial charge in [0.15, 0.2) is 0 Å². The number of nitriles is 1. The van der Waals surface area contributed by atoms with Crippen molar-refractivity contribution in [1.29, 1.82) is 5.26 Å².